The molecule has 0 aliphatic heterocycles. The third-order valence-corrected chi connectivity index (χ3v) is 3.47. The van der Waals surface area contributed by atoms with E-state index in [0.29, 0.717) is 6.54 Å². The average molecular weight is 261 g/mol. The van der Waals surface area contributed by atoms with Crippen LogP contribution in [0.1, 0.15) is 36.5 Å². The van der Waals surface area contributed by atoms with Crippen molar-refractivity contribution in [3.63, 3.8) is 0 Å². The number of nitrogens with zero attached hydrogens (tertiary/aromatic N) is 4. The second kappa shape index (κ2) is 5.57. The molecular weight excluding hydrogens is 238 g/mol. The summed E-state index contributed by atoms with van der Waals surface area (Å²) >= 11 is 0. The number of nitrogens with two attached hydrogens (primary N) is 1. The number of rotatable bonds is 5. The van der Waals surface area contributed by atoms with Gasteiger partial charge in [-0.25, -0.2) is 4.68 Å². The fraction of sp³-hybridized carbons (Fsp3) is 0.571. The molecule has 0 unspecified atom stereocenters. The topological polar surface area (TPSA) is 61.7 Å². The lowest BCUT2D eigenvalue weighted by Gasteiger charge is -2.09. The molecule has 0 saturated carbocycles. The average Bonchev–Trinajstić information content (AvgIpc) is 2.91. The first-order valence-electron chi connectivity index (χ1n) is 6.93. The van der Waals surface area contributed by atoms with E-state index < -0.39 is 0 Å². The van der Waals surface area contributed by atoms with Gasteiger partial charge in [0.1, 0.15) is 0 Å². The van der Waals surface area contributed by atoms with Gasteiger partial charge in [0.05, 0.1) is 11.4 Å². The zero-order chi connectivity index (χ0) is 14.0. The smallest absolute Gasteiger partial charge is 0.155 e. The summed E-state index contributed by atoms with van der Waals surface area (Å²) in [5.41, 5.74) is 10.3. The van der Waals surface area contributed by atoms with E-state index in [0.717, 1.165) is 36.5 Å². The first kappa shape index (κ1) is 13.8. The monoisotopic (exact) mass is 261 g/mol. The van der Waals surface area contributed by atoms with Crippen LogP contribution < -0.4 is 5.73 Å². The van der Waals surface area contributed by atoms with Crippen LogP contribution in [0.15, 0.2) is 6.07 Å². The van der Waals surface area contributed by atoms with E-state index >= 15 is 0 Å². The molecular formula is C14H23N5. The zero-order valence-corrected chi connectivity index (χ0v) is 12.3. The molecule has 104 valence electrons. The summed E-state index contributed by atoms with van der Waals surface area (Å²) in [6.07, 6.45) is 2.74. The summed E-state index contributed by atoms with van der Waals surface area (Å²) in [6, 6.07) is 2.18. The van der Waals surface area contributed by atoms with Crippen molar-refractivity contribution in [2.24, 2.45) is 12.8 Å². The summed E-state index contributed by atoms with van der Waals surface area (Å²) in [6.45, 7) is 6.94. The Labute approximate surface area is 114 Å². The second-order valence-electron chi connectivity index (χ2n) is 4.80. The first-order valence-corrected chi connectivity index (χ1v) is 6.93. The van der Waals surface area contributed by atoms with Crippen molar-refractivity contribution in [1.82, 2.24) is 19.6 Å². The molecule has 0 aromatic carbocycles. The second-order valence-corrected chi connectivity index (χ2v) is 4.80. The molecule has 5 heteroatoms. The van der Waals surface area contributed by atoms with Gasteiger partial charge in [-0.05, 0) is 38.8 Å². The molecule has 5 nitrogen and oxygen atoms in total. The fourth-order valence-corrected chi connectivity index (χ4v) is 2.47. The third-order valence-electron chi connectivity index (χ3n) is 3.47. The largest absolute Gasteiger partial charge is 0.330 e. The zero-order valence-electron chi connectivity index (χ0n) is 12.3. The number of aromatic nitrogens is 4. The van der Waals surface area contributed by atoms with E-state index in [-0.39, 0.29) is 0 Å². The van der Waals surface area contributed by atoms with Crippen molar-refractivity contribution in [2.45, 2.75) is 40.0 Å². The predicted molar refractivity (Wildman–Crippen MR) is 76.6 cm³/mol. The van der Waals surface area contributed by atoms with Gasteiger partial charge in [-0.2, -0.15) is 10.2 Å². The van der Waals surface area contributed by atoms with Crippen LogP contribution in [0.2, 0.25) is 0 Å². The molecule has 2 heterocycles. The van der Waals surface area contributed by atoms with E-state index in [2.05, 4.69) is 25.0 Å². The molecule has 0 amide bonds. The Bertz CT molecular complexity index is 565. The highest BCUT2D eigenvalue weighted by atomic mass is 15.4. The standard InChI is InChI=1S/C14H23N5/c1-5-11-9-12(6-2)19(17-11)14-13(7-8-15)10(3)16-18(14)4/h9H,5-8,15H2,1-4H3. The van der Waals surface area contributed by atoms with E-state index in [9.17, 15) is 0 Å². The van der Waals surface area contributed by atoms with Crippen molar-refractivity contribution < 1.29 is 0 Å². The van der Waals surface area contributed by atoms with Gasteiger partial charge in [0, 0.05) is 18.3 Å². The highest BCUT2D eigenvalue weighted by molar-refractivity contribution is 5.39. The van der Waals surface area contributed by atoms with Gasteiger partial charge in [-0.3, -0.25) is 4.68 Å². The molecule has 2 rings (SSSR count). The van der Waals surface area contributed by atoms with Crippen molar-refractivity contribution in [3.05, 3.63) is 28.7 Å². The van der Waals surface area contributed by atoms with Crippen molar-refractivity contribution >= 4 is 0 Å². The molecule has 0 aliphatic carbocycles. The molecule has 0 fully saturated rings. The molecule has 0 bridgehead atoms. The number of hydrogen-bond donors (Lipinski definition) is 1. The van der Waals surface area contributed by atoms with Crippen molar-refractivity contribution in [3.8, 4) is 5.82 Å². The highest BCUT2D eigenvalue weighted by Crippen LogP contribution is 2.21. The Morgan fingerprint density at radius 3 is 2.53 bits per heavy atom. The van der Waals surface area contributed by atoms with Gasteiger partial charge in [0.2, 0.25) is 0 Å². The van der Waals surface area contributed by atoms with Crippen LogP contribution in [-0.2, 0) is 26.3 Å². The predicted octanol–water partition coefficient (Wildman–Crippen LogP) is 1.54. The minimum absolute atomic E-state index is 0.628. The molecule has 0 saturated heterocycles. The summed E-state index contributed by atoms with van der Waals surface area (Å²) in [7, 11) is 1.97. The van der Waals surface area contributed by atoms with Crippen LogP contribution in [0.5, 0.6) is 0 Å². The minimum Gasteiger partial charge on any atom is -0.330 e. The van der Waals surface area contributed by atoms with Gasteiger partial charge in [0.15, 0.2) is 5.82 Å². The lowest BCUT2D eigenvalue weighted by molar-refractivity contribution is 0.669. The Morgan fingerprint density at radius 2 is 1.95 bits per heavy atom. The Balaban J connectivity index is 2.60. The van der Waals surface area contributed by atoms with Crippen LogP contribution in [-0.4, -0.2) is 26.1 Å². The minimum atomic E-state index is 0.628. The molecule has 2 aromatic heterocycles. The fourth-order valence-electron chi connectivity index (χ4n) is 2.47. The molecule has 0 atom stereocenters. The Kier molecular flexibility index (Phi) is 4.04. The SMILES string of the molecule is CCc1cc(CC)n(-c2c(CCN)c(C)nn2C)n1. The van der Waals surface area contributed by atoms with E-state index in [4.69, 9.17) is 10.8 Å². The van der Waals surface area contributed by atoms with Crippen LogP contribution in [0.4, 0.5) is 0 Å². The van der Waals surface area contributed by atoms with Gasteiger partial charge in [0.25, 0.3) is 0 Å². The van der Waals surface area contributed by atoms with Gasteiger partial charge in [-0.15, -0.1) is 0 Å². The van der Waals surface area contributed by atoms with E-state index in [1.807, 2.05) is 23.3 Å². The first-order chi connectivity index (χ1) is 9.12. The third kappa shape index (κ3) is 2.42. The van der Waals surface area contributed by atoms with Crippen molar-refractivity contribution in [2.75, 3.05) is 6.54 Å². The maximum atomic E-state index is 5.72. The maximum absolute atomic E-state index is 5.72. The molecule has 19 heavy (non-hydrogen) atoms. The summed E-state index contributed by atoms with van der Waals surface area (Å²) in [4.78, 5) is 0. The lowest BCUT2D eigenvalue weighted by atomic mass is 10.1. The van der Waals surface area contributed by atoms with Crippen LogP contribution in [0.25, 0.3) is 5.82 Å². The molecule has 2 aromatic rings. The van der Waals surface area contributed by atoms with Crippen LogP contribution in [0, 0.1) is 6.92 Å². The number of aryl methyl sites for hydroxylation is 4. The van der Waals surface area contributed by atoms with Gasteiger partial charge < -0.3 is 5.73 Å². The summed E-state index contributed by atoms with van der Waals surface area (Å²) in [5.74, 6) is 1.06. The molecule has 0 spiro atoms. The summed E-state index contributed by atoms with van der Waals surface area (Å²) in [5, 5.41) is 9.22. The Morgan fingerprint density at radius 1 is 1.21 bits per heavy atom. The normalized spacial score (nSPS) is 11.2. The lowest BCUT2D eigenvalue weighted by Crippen LogP contribution is -2.12. The quantitative estimate of drug-likeness (QED) is 0.888. The van der Waals surface area contributed by atoms with Crippen LogP contribution >= 0.6 is 0 Å². The number of hydrogen-bond acceptors (Lipinski definition) is 3. The molecule has 2 N–H and O–H groups in total. The van der Waals surface area contributed by atoms with Crippen LogP contribution in [0.3, 0.4) is 0 Å². The maximum Gasteiger partial charge on any atom is 0.155 e. The Hall–Kier alpha value is -1.62. The summed E-state index contributed by atoms with van der Waals surface area (Å²) < 4.78 is 3.94. The molecule has 0 aliphatic rings. The van der Waals surface area contributed by atoms with E-state index in [1.165, 1.54) is 11.3 Å². The highest BCUT2D eigenvalue weighted by Gasteiger charge is 2.17. The van der Waals surface area contributed by atoms with Crippen molar-refractivity contribution in [1.29, 1.82) is 0 Å². The molecule has 0 radical (unpaired) electrons. The van der Waals surface area contributed by atoms with Gasteiger partial charge >= 0.3 is 0 Å². The van der Waals surface area contributed by atoms with E-state index in [1.54, 1.807) is 0 Å². The van der Waals surface area contributed by atoms with Gasteiger partial charge in [-0.1, -0.05) is 13.8 Å².